The molecule has 4 aromatic rings. The Bertz CT molecular complexity index is 1490. The zero-order valence-corrected chi connectivity index (χ0v) is 23.0. The second-order valence-corrected chi connectivity index (χ2v) is 10.8. The number of para-hydroxylation sites is 3. The Morgan fingerprint density at radius 2 is 1.46 bits per heavy atom. The Morgan fingerprint density at radius 1 is 0.846 bits per heavy atom. The van der Waals surface area contributed by atoms with Crippen LogP contribution in [0.5, 0.6) is 5.75 Å². The fraction of sp³-hybridized carbons (Fsp3) is 0.345. The van der Waals surface area contributed by atoms with E-state index < -0.39 is 0 Å². The summed E-state index contributed by atoms with van der Waals surface area (Å²) in [6.45, 7) is 7.58. The Kier molecular flexibility index (Phi) is 6.95. The number of rotatable bonds is 5. The van der Waals surface area contributed by atoms with Gasteiger partial charge in [0.2, 0.25) is 0 Å². The number of carbonyl (C=O) groups is 1. The van der Waals surface area contributed by atoms with Crippen LogP contribution in [0, 0.1) is 12.7 Å². The normalized spacial score (nSPS) is 16.2. The van der Waals surface area contributed by atoms with Crippen molar-refractivity contribution in [2.75, 3.05) is 74.2 Å². The highest BCUT2D eigenvalue weighted by atomic mass is 32.1. The predicted octanol–water partition coefficient (Wildman–Crippen LogP) is 4.44. The fourth-order valence-corrected chi connectivity index (χ4v) is 6.66. The van der Waals surface area contributed by atoms with E-state index in [1.807, 2.05) is 42.2 Å². The Morgan fingerprint density at radius 3 is 2.18 bits per heavy atom. The Labute approximate surface area is 231 Å². The van der Waals surface area contributed by atoms with Crippen molar-refractivity contribution in [3.05, 3.63) is 71.1 Å². The van der Waals surface area contributed by atoms with E-state index in [0.29, 0.717) is 45.0 Å². The average molecular weight is 547 g/mol. The summed E-state index contributed by atoms with van der Waals surface area (Å²) in [5.41, 5.74) is 2.62. The number of benzene rings is 2. The summed E-state index contributed by atoms with van der Waals surface area (Å²) in [4.78, 5) is 32.9. The Balaban J connectivity index is 1.18. The largest absolute Gasteiger partial charge is 0.495 e. The number of hydrogen-bond acceptors (Lipinski definition) is 8. The summed E-state index contributed by atoms with van der Waals surface area (Å²) in [7, 11) is 1.68. The second kappa shape index (κ2) is 10.7. The number of aromatic nitrogens is 2. The number of carbonyl (C=O) groups excluding carboxylic acids is 1. The van der Waals surface area contributed by atoms with E-state index in [4.69, 9.17) is 4.74 Å². The van der Waals surface area contributed by atoms with Crippen molar-refractivity contribution >= 4 is 44.7 Å². The van der Waals surface area contributed by atoms with Gasteiger partial charge in [0.1, 0.15) is 28.5 Å². The molecule has 0 bridgehead atoms. The van der Waals surface area contributed by atoms with Gasteiger partial charge < -0.3 is 24.3 Å². The summed E-state index contributed by atoms with van der Waals surface area (Å²) in [6, 6.07) is 14.9. The lowest BCUT2D eigenvalue weighted by molar-refractivity contribution is 0.0751. The smallest absolute Gasteiger partial charge is 0.264 e. The van der Waals surface area contributed by atoms with Crippen LogP contribution in [-0.2, 0) is 0 Å². The lowest BCUT2D eigenvalue weighted by atomic mass is 10.1. The van der Waals surface area contributed by atoms with Crippen molar-refractivity contribution in [1.29, 1.82) is 0 Å². The third-order valence-corrected chi connectivity index (χ3v) is 8.85. The average Bonchev–Trinajstić information content (AvgIpc) is 3.33. The number of nitrogens with zero attached hydrogens (tertiary/aromatic N) is 6. The molecular weight excluding hydrogens is 515 g/mol. The molecule has 0 saturated carbocycles. The highest BCUT2D eigenvalue weighted by Gasteiger charge is 2.29. The molecule has 2 fully saturated rings. The minimum Gasteiger partial charge on any atom is -0.495 e. The van der Waals surface area contributed by atoms with E-state index in [2.05, 4.69) is 30.7 Å². The predicted molar refractivity (Wildman–Crippen MR) is 154 cm³/mol. The maximum absolute atomic E-state index is 14.3. The SMILES string of the molecule is COc1ccccc1N1CCN(C(=O)c2sc3ncnc(N4CCN(c5ccccc5F)CC4)c3c2C)CC1. The number of anilines is 3. The van der Waals surface area contributed by atoms with Crippen LogP contribution in [0.2, 0.25) is 0 Å². The van der Waals surface area contributed by atoms with Crippen molar-refractivity contribution in [3.63, 3.8) is 0 Å². The summed E-state index contributed by atoms with van der Waals surface area (Å²) in [6.07, 6.45) is 1.58. The molecule has 1 amide bonds. The van der Waals surface area contributed by atoms with Crippen LogP contribution in [0.3, 0.4) is 0 Å². The molecule has 2 aromatic heterocycles. The number of ether oxygens (including phenoxy) is 1. The molecule has 0 N–H and O–H groups in total. The van der Waals surface area contributed by atoms with Crippen molar-refractivity contribution in [2.24, 2.45) is 0 Å². The number of thiophene rings is 1. The summed E-state index contributed by atoms with van der Waals surface area (Å²) >= 11 is 1.44. The summed E-state index contributed by atoms with van der Waals surface area (Å²) in [5, 5.41) is 0.942. The van der Waals surface area contributed by atoms with Crippen LogP contribution in [0.4, 0.5) is 21.6 Å². The molecule has 0 radical (unpaired) electrons. The standard InChI is InChI=1S/C29H31FN6O2S/c1-20-25-27(35-15-11-33(12-16-35)22-8-4-3-7-21(22)30)31-19-32-28(25)39-26(20)29(37)36-17-13-34(14-18-36)23-9-5-6-10-24(23)38-2/h3-10,19H,11-18H2,1-2H3. The van der Waals surface area contributed by atoms with Crippen molar-refractivity contribution < 1.29 is 13.9 Å². The summed E-state index contributed by atoms with van der Waals surface area (Å²) in [5.74, 6) is 1.54. The number of piperazine rings is 2. The van der Waals surface area contributed by atoms with Crippen molar-refractivity contribution in [1.82, 2.24) is 14.9 Å². The van der Waals surface area contributed by atoms with E-state index in [-0.39, 0.29) is 11.7 Å². The molecule has 4 heterocycles. The molecule has 2 aliphatic heterocycles. The quantitative estimate of drug-likeness (QED) is 0.367. The molecule has 0 aliphatic carbocycles. The van der Waals surface area contributed by atoms with E-state index in [9.17, 15) is 9.18 Å². The molecule has 0 spiro atoms. The van der Waals surface area contributed by atoms with Gasteiger partial charge in [-0.05, 0) is 36.8 Å². The van der Waals surface area contributed by atoms with Gasteiger partial charge >= 0.3 is 0 Å². The van der Waals surface area contributed by atoms with E-state index in [1.54, 1.807) is 19.5 Å². The van der Waals surface area contributed by atoms with Crippen LogP contribution in [-0.4, -0.2) is 80.2 Å². The number of halogens is 1. The molecule has 0 unspecified atom stereocenters. The van der Waals surface area contributed by atoms with Crippen LogP contribution in [0.1, 0.15) is 15.2 Å². The van der Waals surface area contributed by atoms with Gasteiger partial charge in [-0.2, -0.15) is 0 Å². The molecule has 6 rings (SSSR count). The molecule has 2 saturated heterocycles. The third kappa shape index (κ3) is 4.73. The minimum atomic E-state index is -0.198. The molecule has 8 nitrogen and oxygen atoms in total. The maximum atomic E-state index is 14.3. The lowest BCUT2D eigenvalue weighted by Crippen LogP contribution is -2.48. The number of hydrogen-bond donors (Lipinski definition) is 0. The van der Waals surface area contributed by atoms with Crippen LogP contribution >= 0.6 is 11.3 Å². The van der Waals surface area contributed by atoms with Crippen molar-refractivity contribution in [2.45, 2.75) is 6.92 Å². The first-order chi connectivity index (χ1) is 19.0. The zero-order chi connectivity index (χ0) is 26.9. The van der Waals surface area contributed by atoms with Crippen molar-refractivity contribution in [3.8, 4) is 5.75 Å². The van der Waals surface area contributed by atoms with Gasteiger partial charge in [-0.1, -0.05) is 24.3 Å². The number of amides is 1. The molecule has 0 atom stereocenters. The van der Waals surface area contributed by atoms with Gasteiger partial charge in [-0.15, -0.1) is 11.3 Å². The molecule has 2 aromatic carbocycles. The van der Waals surface area contributed by atoms with Crippen LogP contribution in [0.15, 0.2) is 54.9 Å². The first kappa shape index (κ1) is 25.4. The van der Waals surface area contributed by atoms with Crippen LogP contribution in [0.25, 0.3) is 10.2 Å². The summed E-state index contributed by atoms with van der Waals surface area (Å²) < 4.78 is 19.8. The minimum absolute atomic E-state index is 0.0468. The maximum Gasteiger partial charge on any atom is 0.264 e. The zero-order valence-electron chi connectivity index (χ0n) is 22.1. The monoisotopic (exact) mass is 546 g/mol. The van der Waals surface area contributed by atoms with E-state index in [0.717, 1.165) is 51.0 Å². The number of aryl methyl sites for hydroxylation is 1. The number of fused-ring (bicyclic) bond motifs is 1. The van der Waals surface area contributed by atoms with Crippen LogP contribution < -0.4 is 19.4 Å². The van der Waals surface area contributed by atoms with E-state index >= 15 is 0 Å². The van der Waals surface area contributed by atoms with Gasteiger partial charge in [0.15, 0.2) is 0 Å². The van der Waals surface area contributed by atoms with E-state index in [1.165, 1.54) is 17.4 Å². The highest BCUT2D eigenvalue weighted by Crippen LogP contribution is 2.36. The molecule has 10 heteroatoms. The van der Waals surface area contributed by atoms with Gasteiger partial charge in [-0.3, -0.25) is 4.79 Å². The fourth-order valence-electron chi connectivity index (χ4n) is 5.55. The Hall–Kier alpha value is -3.92. The molecule has 202 valence electrons. The first-order valence-electron chi connectivity index (χ1n) is 13.2. The highest BCUT2D eigenvalue weighted by molar-refractivity contribution is 7.20. The molecule has 2 aliphatic rings. The first-order valence-corrected chi connectivity index (χ1v) is 14.0. The van der Waals surface area contributed by atoms with Gasteiger partial charge in [0, 0.05) is 52.4 Å². The van der Waals surface area contributed by atoms with Gasteiger partial charge in [-0.25, -0.2) is 14.4 Å². The topological polar surface area (TPSA) is 65.0 Å². The molecule has 39 heavy (non-hydrogen) atoms. The third-order valence-electron chi connectivity index (χ3n) is 7.67. The van der Waals surface area contributed by atoms with Gasteiger partial charge in [0.05, 0.1) is 28.7 Å². The molecular formula is C29H31FN6O2S. The number of methoxy groups -OCH3 is 1. The lowest BCUT2D eigenvalue weighted by Gasteiger charge is -2.37. The second-order valence-electron chi connectivity index (χ2n) is 9.81. The van der Waals surface area contributed by atoms with Gasteiger partial charge in [0.25, 0.3) is 5.91 Å².